The second-order valence-corrected chi connectivity index (χ2v) is 25.1. The van der Waals surface area contributed by atoms with E-state index in [2.05, 4.69) is 45.9 Å². The summed E-state index contributed by atoms with van der Waals surface area (Å²) in [6.07, 6.45) is 5.35. The summed E-state index contributed by atoms with van der Waals surface area (Å²) in [6.45, 7) is 18.7. The van der Waals surface area contributed by atoms with Gasteiger partial charge in [-0.05, 0) is 149 Å². The van der Waals surface area contributed by atoms with Gasteiger partial charge >= 0.3 is 24.0 Å². The standard InChI is InChI=1S/C34H48N6O9.C24H35BrN4O7.C11H15NO2/c1-34(2,3)49-33(43)40(30-8-5-6-11-36-30)13-7-15-48-29-10-9-26-22-27(24-31(41)44-4)32(42)39(25-28(26)23-29)14-17-46-19-21-47-20-18-45-16-12-37-38-35;1-32-23(30)17-20-15-19-3-4-22(36-8-2-5-25)16-21(19)18-29(24(20)31)7-10-34-12-14-35-13-11-33-9-6-27-28-26;1-11(2,3)14-10(13)8-9-6-4-5-7-12-9/h5-6,8-11,23,27H,7,12-22,24-25H2,1-4H3;3-4,16,20H,2,5-15,17-18H2,1H3;4-7H,8H2,1-3H3/t27-;20-;/m00./s1. The summed E-state index contributed by atoms with van der Waals surface area (Å²) in [5, 5.41) is 7.64. The SMILES string of the molecule is CC(C)(C)OC(=O)Cc1ccccn1.COC(=O)C[C@@H]1Cc2ccc(OCCCBr)cc2CN(CCOCCOCCOCCN=[N+]=[N-])C1=O.COC(=O)C[C@@H]1Cc2ccc(OCCCN(C(=O)OC(C)(C)C)c3ccccn3)cc2CN(CCOCCOCCOCCN=[N+]=[N-])C1=O. The van der Waals surface area contributed by atoms with Crippen LogP contribution in [0, 0.1) is 11.8 Å². The molecule has 30 heteroatoms. The molecule has 2 aliphatic heterocycles. The first-order valence-corrected chi connectivity index (χ1v) is 34.1. The number of halogens is 1. The molecule has 2 aliphatic rings. The number of methoxy groups -OCH3 is 2. The normalized spacial score (nSPS) is 14.2. The first kappa shape index (κ1) is 83.2. The molecule has 0 spiro atoms. The third-order valence-corrected chi connectivity index (χ3v) is 14.8. The van der Waals surface area contributed by atoms with Gasteiger partial charge in [0.2, 0.25) is 11.8 Å². The molecule has 6 rings (SSSR count). The third-order valence-electron chi connectivity index (χ3n) is 14.3. The molecule has 0 bridgehead atoms. The Balaban J connectivity index is 0.000000361. The Labute approximate surface area is 588 Å². The van der Waals surface area contributed by atoms with Gasteiger partial charge in [0.1, 0.15) is 28.5 Å². The number of carbonyl (C=O) groups is 6. The average molecular weight is 1450 g/mol. The van der Waals surface area contributed by atoms with E-state index in [9.17, 15) is 28.8 Å². The minimum Gasteiger partial charge on any atom is -0.494 e. The minimum atomic E-state index is -0.652. The zero-order chi connectivity index (χ0) is 72.1. The number of nitrogens with zero attached hydrogens (tertiary/aromatic N) is 11. The van der Waals surface area contributed by atoms with Crippen LogP contribution < -0.4 is 14.4 Å². The molecule has 4 heterocycles. The molecule has 2 aromatic carbocycles. The Kier molecular flexibility index (Phi) is 40.1. The zero-order valence-electron chi connectivity index (χ0n) is 58.4. The summed E-state index contributed by atoms with van der Waals surface area (Å²) >= 11 is 3.40. The summed E-state index contributed by atoms with van der Waals surface area (Å²) in [5.41, 5.74) is 20.0. The van der Waals surface area contributed by atoms with Crippen molar-refractivity contribution in [1.29, 1.82) is 0 Å². The van der Waals surface area contributed by atoms with Crippen molar-refractivity contribution in [3.05, 3.63) is 134 Å². The van der Waals surface area contributed by atoms with Crippen LogP contribution in [0.5, 0.6) is 11.5 Å². The van der Waals surface area contributed by atoms with Crippen molar-refractivity contribution in [2.24, 2.45) is 22.1 Å². The number of hydrogen-bond acceptors (Lipinski definition) is 22. The Morgan fingerprint density at radius 3 is 1.41 bits per heavy atom. The number of aromatic nitrogens is 2. The minimum absolute atomic E-state index is 0.0203. The van der Waals surface area contributed by atoms with Gasteiger partial charge < -0.3 is 66.6 Å². The molecule has 3 amide bonds. The Morgan fingerprint density at radius 2 is 1.00 bits per heavy atom. The molecular formula is C69H98BrN11O18. The molecule has 0 unspecified atom stereocenters. The second-order valence-electron chi connectivity index (χ2n) is 24.3. The van der Waals surface area contributed by atoms with E-state index in [1.807, 2.05) is 102 Å². The van der Waals surface area contributed by atoms with E-state index >= 15 is 0 Å². The van der Waals surface area contributed by atoms with Crippen LogP contribution in [0.15, 0.2) is 95.4 Å². The van der Waals surface area contributed by atoms with Crippen molar-refractivity contribution >= 4 is 57.6 Å². The number of rotatable bonds is 40. The van der Waals surface area contributed by atoms with Crippen LogP contribution in [0.1, 0.15) is 95.2 Å². The lowest BCUT2D eigenvalue weighted by molar-refractivity contribution is -0.154. The van der Waals surface area contributed by atoms with Crippen LogP contribution in [0.25, 0.3) is 20.9 Å². The highest BCUT2D eigenvalue weighted by molar-refractivity contribution is 9.09. The molecule has 2 aromatic heterocycles. The number of amides is 3. The number of fused-ring (bicyclic) bond motifs is 2. The smallest absolute Gasteiger partial charge is 0.416 e. The second kappa shape index (κ2) is 47.7. The van der Waals surface area contributed by atoms with E-state index in [-0.39, 0.29) is 43.6 Å². The van der Waals surface area contributed by atoms with Crippen LogP contribution in [-0.2, 0) is 104 Å². The number of esters is 3. The van der Waals surface area contributed by atoms with Gasteiger partial charge in [0.25, 0.3) is 0 Å². The molecule has 0 N–H and O–H groups in total. The van der Waals surface area contributed by atoms with Gasteiger partial charge in [-0.25, -0.2) is 9.78 Å². The molecule has 0 radical (unpaired) electrons. The van der Waals surface area contributed by atoms with Crippen LogP contribution in [0.3, 0.4) is 0 Å². The maximum Gasteiger partial charge on any atom is 0.416 e. The fraction of sp³-hybridized carbons (Fsp3) is 0.594. The molecular weight excluding hydrogens is 1350 g/mol. The van der Waals surface area contributed by atoms with Crippen molar-refractivity contribution in [2.45, 2.75) is 111 Å². The lowest BCUT2D eigenvalue weighted by Gasteiger charge is -2.26. The molecule has 0 saturated heterocycles. The van der Waals surface area contributed by atoms with Crippen LogP contribution in [-0.4, -0.2) is 212 Å². The predicted octanol–water partition coefficient (Wildman–Crippen LogP) is 9.96. The quantitative estimate of drug-likeness (QED) is 0.00760. The Hall–Kier alpha value is -8.18. The largest absolute Gasteiger partial charge is 0.494 e. The lowest BCUT2D eigenvalue weighted by atomic mass is 9.94. The number of hydrogen-bond donors (Lipinski definition) is 0. The highest BCUT2D eigenvalue weighted by Crippen LogP contribution is 2.31. The van der Waals surface area contributed by atoms with E-state index in [0.717, 1.165) is 45.4 Å². The number of alkyl halides is 1. The van der Waals surface area contributed by atoms with Crippen molar-refractivity contribution in [2.75, 3.05) is 150 Å². The summed E-state index contributed by atoms with van der Waals surface area (Å²) in [7, 11) is 2.64. The highest BCUT2D eigenvalue weighted by atomic mass is 79.9. The van der Waals surface area contributed by atoms with Crippen LogP contribution in [0.4, 0.5) is 10.6 Å². The van der Waals surface area contributed by atoms with Crippen LogP contribution >= 0.6 is 15.9 Å². The maximum atomic E-state index is 13.5. The predicted molar refractivity (Wildman–Crippen MR) is 370 cm³/mol. The average Bonchev–Trinajstić information content (AvgIpc) is 1.70. The summed E-state index contributed by atoms with van der Waals surface area (Å²) in [4.78, 5) is 93.8. The number of ether oxygens (including phenoxy) is 12. The molecule has 0 aliphatic carbocycles. The summed E-state index contributed by atoms with van der Waals surface area (Å²) < 4.78 is 65.2. The number of anilines is 1. The molecule has 0 fully saturated rings. The summed E-state index contributed by atoms with van der Waals surface area (Å²) in [6, 6.07) is 22.4. The third kappa shape index (κ3) is 35.4. The van der Waals surface area contributed by atoms with Gasteiger partial charge in [0, 0.05) is 73.4 Å². The molecule has 544 valence electrons. The van der Waals surface area contributed by atoms with Gasteiger partial charge in [-0.2, -0.15) is 0 Å². The number of carbonyl (C=O) groups excluding carboxylic acids is 6. The Morgan fingerprint density at radius 1 is 0.556 bits per heavy atom. The molecule has 4 aromatic rings. The van der Waals surface area contributed by atoms with Crippen molar-refractivity contribution in [3.8, 4) is 11.5 Å². The number of azide groups is 2. The van der Waals surface area contributed by atoms with E-state index in [0.29, 0.717) is 163 Å². The maximum absolute atomic E-state index is 13.5. The first-order valence-electron chi connectivity index (χ1n) is 32.9. The monoisotopic (exact) mass is 1450 g/mol. The number of benzene rings is 2. The van der Waals surface area contributed by atoms with E-state index in [1.165, 1.54) is 19.1 Å². The first-order chi connectivity index (χ1) is 47.7. The molecule has 29 nitrogen and oxygen atoms in total. The van der Waals surface area contributed by atoms with Gasteiger partial charge in [-0.3, -0.25) is 33.9 Å². The van der Waals surface area contributed by atoms with Gasteiger partial charge in [-0.15, -0.1) is 0 Å². The van der Waals surface area contributed by atoms with E-state index in [1.54, 1.807) is 34.3 Å². The zero-order valence-corrected chi connectivity index (χ0v) is 60.0. The molecule has 99 heavy (non-hydrogen) atoms. The topological polar surface area (TPSA) is 346 Å². The van der Waals surface area contributed by atoms with Gasteiger partial charge in [-0.1, -0.05) is 50.4 Å². The van der Waals surface area contributed by atoms with Crippen molar-refractivity contribution < 1.29 is 85.6 Å². The summed E-state index contributed by atoms with van der Waals surface area (Å²) in [5.74, 6) is -0.461. The van der Waals surface area contributed by atoms with E-state index < -0.39 is 41.1 Å². The molecule has 2 atom stereocenters. The van der Waals surface area contributed by atoms with Crippen molar-refractivity contribution in [1.82, 2.24) is 19.8 Å². The van der Waals surface area contributed by atoms with Crippen molar-refractivity contribution in [3.63, 3.8) is 0 Å². The highest BCUT2D eigenvalue weighted by Gasteiger charge is 2.34. The fourth-order valence-electron chi connectivity index (χ4n) is 9.68. The van der Waals surface area contributed by atoms with Crippen LogP contribution in [0.2, 0.25) is 0 Å². The fourth-order valence-corrected chi connectivity index (χ4v) is 9.91. The van der Waals surface area contributed by atoms with Gasteiger partial charge in [0.05, 0.1) is 144 Å². The Bertz CT molecular complexity index is 3150. The van der Waals surface area contributed by atoms with E-state index in [4.69, 9.17) is 67.9 Å². The van der Waals surface area contributed by atoms with Gasteiger partial charge in [0.15, 0.2) is 0 Å². The lowest BCUT2D eigenvalue weighted by Crippen LogP contribution is -2.38. The number of pyridine rings is 2. The molecule has 0 saturated carbocycles.